The van der Waals surface area contributed by atoms with Gasteiger partial charge in [0.1, 0.15) is 0 Å². The van der Waals surface area contributed by atoms with E-state index in [0.29, 0.717) is 19.5 Å². The number of aryl methyl sites for hydroxylation is 1. The van der Waals surface area contributed by atoms with Crippen molar-refractivity contribution >= 4 is 23.3 Å². The molecule has 1 aromatic heterocycles. The van der Waals surface area contributed by atoms with E-state index < -0.39 is 0 Å². The highest BCUT2D eigenvalue weighted by atomic mass is 32.1. The van der Waals surface area contributed by atoms with E-state index in [9.17, 15) is 9.59 Å². The van der Waals surface area contributed by atoms with Crippen molar-refractivity contribution in [2.24, 2.45) is 0 Å². The maximum atomic E-state index is 12.0. The summed E-state index contributed by atoms with van der Waals surface area (Å²) in [5, 5.41) is 8.88. The van der Waals surface area contributed by atoms with Gasteiger partial charge in [0.15, 0.2) is 0 Å². The van der Waals surface area contributed by atoms with Crippen molar-refractivity contribution in [3.05, 3.63) is 16.1 Å². The van der Waals surface area contributed by atoms with Crippen molar-refractivity contribution in [3.63, 3.8) is 0 Å². The van der Waals surface area contributed by atoms with E-state index in [-0.39, 0.29) is 23.5 Å². The van der Waals surface area contributed by atoms with Gasteiger partial charge in [-0.15, -0.1) is 11.3 Å². The summed E-state index contributed by atoms with van der Waals surface area (Å²) < 4.78 is 0. The zero-order valence-corrected chi connectivity index (χ0v) is 15.1. The first-order valence-electron chi connectivity index (χ1n) is 8.07. The number of hydrogen-bond acceptors (Lipinski definition) is 4. The van der Waals surface area contributed by atoms with Gasteiger partial charge in [-0.1, -0.05) is 6.92 Å². The molecule has 0 aromatic carbocycles. The number of urea groups is 1. The Bertz CT molecular complexity index is 565. The second-order valence-corrected chi connectivity index (χ2v) is 7.76. The van der Waals surface area contributed by atoms with Gasteiger partial charge >= 0.3 is 6.03 Å². The van der Waals surface area contributed by atoms with E-state index in [0.717, 1.165) is 23.5 Å². The SMILES string of the molecule is CCc1nc(CCNC(=O)N[C@@H]2CC(=O)N(C(C)(C)C)C2)cs1. The molecule has 2 rings (SSSR count). The van der Waals surface area contributed by atoms with Crippen LogP contribution in [0.3, 0.4) is 0 Å². The molecule has 6 nitrogen and oxygen atoms in total. The molecule has 1 saturated heterocycles. The van der Waals surface area contributed by atoms with E-state index in [1.165, 1.54) is 0 Å². The van der Waals surface area contributed by atoms with Crippen molar-refractivity contribution in [2.45, 2.75) is 58.5 Å². The molecule has 2 heterocycles. The van der Waals surface area contributed by atoms with E-state index in [4.69, 9.17) is 0 Å². The lowest BCUT2D eigenvalue weighted by atomic mass is 10.1. The van der Waals surface area contributed by atoms with Crippen molar-refractivity contribution in [3.8, 4) is 0 Å². The lowest BCUT2D eigenvalue weighted by molar-refractivity contribution is -0.131. The third kappa shape index (κ3) is 4.92. The number of amides is 3. The van der Waals surface area contributed by atoms with Crippen molar-refractivity contribution in [1.29, 1.82) is 0 Å². The number of aromatic nitrogens is 1. The van der Waals surface area contributed by atoms with Crippen LogP contribution in [0.1, 0.15) is 44.8 Å². The van der Waals surface area contributed by atoms with E-state index in [1.807, 2.05) is 31.1 Å². The average Bonchev–Trinajstić information content (AvgIpc) is 3.05. The van der Waals surface area contributed by atoms with Gasteiger partial charge in [-0.3, -0.25) is 4.79 Å². The molecule has 0 aliphatic carbocycles. The van der Waals surface area contributed by atoms with Crippen LogP contribution in [0.4, 0.5) is 4.79 Å². The molecular weight excluding hydrogens is 312 g/mol. The Morgan fingerprint density at radius 2 is 2.22 bits per heavy atom. The van der Waals surface area contributed by atoms with Gasteiger partial charge in [-0.2, -0.15) is 0 Å². The van der Waals surface area contributed by atoms with Crippen LogP contribution in [0.2, 0.25) is 0 Å². The predicted octanol–water partition coefficient (Wildman–Crippen LogP) is 1.95. The molecule has 2 N–H and O–H groups in total. The normalized spacial score (nSPS) is 18.3. The minimum atomic E-state index is -0.218. The van der Waals surface area contributed by atoms with Gasteiger partial charge in [-0.25, -0.2) is 9.78 Å². The molecule has 7 heteroatoms. The van der Waals surface area contributed by atoms with Crippen LogP contribution < -0.4 is 10.6 Å². The number of nitrogens with zero attached hydrogens (tertiary/aromatic N) is 2. The number of carbonyl (C=O) groups excluding carboxylic acids is 2. The predicted molar refractivity (Wildman–Crippen MR) is 91.6 cm³/mol. The summed E-state index contributed by atoms with van der Waals surface area (Å²) in [5.74, 6) is 0.0948. The van der Waals surface area contributed by atoms with Crippen LogP contribution in [-0.4, -0.2) is 46.5 Å². The fourth-order valence-corrected chi connectivity index (χ4v) is 3.40. The minimum absolute atomic E-state index is 0.0948. The molecular formula is C16H26N4O2S. The largest absolute Gasteiger partial charge is 0.338 e. The highest BCUT2D eigenvalue weighted by Gasteiger charge is 2.36. The molecule has 0 bridgehead atoms. The summed E-state index contributed by atoms with van der Waals surface area (Å²) in [5.41, 5.74) is 0.813. The standard InChI is InChI=1S/C16H26N4O2S/c1-5-13-18-11(10-23-13)6-7-17-15(22)19-12-8-14(21)20(9-12)16(2,3)4/h10,12H,5-9H2,1-4H3,(H2,17,19,22)/t12-/m1/s1. The van der Waals surface area contributed by atoms with Gasteiger partial charge in [0.05, 0.1) is 16.7 Å². The molecule has 1 atom stereocenters. The summed E-state index contributed by atoms with van der Waals surface area (Å²) in [6.45, 7) is 9.21. The zero-order chi connectivity index (χ0) is 17.0. The highest BCUT2D eigenvalue weighted by molar-refractivity contribution is 7.09. The molecule has 1 fully saturated rings. The van der Waals surface area contributed by atoms with E-state index in [1.54, 1.807) is 11.3 Å². The number of nitrogens with one attached hydrogen (secondary N) is 2. The monoisotopic (exact) mass is 338 g/mol. The molecule has 3 amide bonds. The molecule has 0 radical (unpaired) electrons. The second kappa shape index (κ2) is 7.29. The summed E-state index contributed by atoms with van der Waals surface area (Å²) in [6.07, 6.45) is 2.04. The number of carbonyl (C=O) groups is 2. The van der Waals surface area contributed by atoms with Gasteiger partial charge in [0, 0.05) is 36.9 Å². The van der Waals surface area contributed by atoms with Crippen LogP contribution >= 0.6 is 11.3 Å². The third-order valence-electron chi connectivity index (χ3n) is 3.84. The Balaban J connectivity index is 1.72. The number of hydrogen-bond donors (Lipinski definition) is 2. The zero-order valence-electron chi connectivity index (χ0n) is 14.3. The summed E-state index contributed by atoms with van der Waals surface area (Å²) in [7, 11) is 0. The average molecular weight is 338 g/mol. The van der Waals surface area contributed by atoms with Crippen LogP contribution in [0.5, 0.6) is 0 Å². The van der Waals surface area contributed by atoms with Crippen molar-refractivity contribution in [2.75, 3.05) is 13.1 Å². The minimum Gasteiger partial charge on any atom is -0.338 e. The van der Waals surface area contributed by atoms with Gasteiger partial charge in [0.2, 0.25) is 5.91 Å². The Kier molecular flexibility index (Phi) is 5.62. The fourth-order valence-electron chi connectivity index (χ4n) is 2.62. The lowest BCUT2D eigenvalue weighted by Gasteiger charge is -2.32. The summed E-state index contributed by atoms with van der Waals surface area (Å²) in [4.78, 5) is 30.2. The topological polar surface area (TPSA) is 74.3 Å². The Morgan fingerprint density at radius 3 is 2.78 bits per heavy atom. The molecule has 0 unspecified atom stereocenters. The van der Waals surface area contributed by atoms with E-state index >= 15 is 0 Å². The van der Waals surface area contributed by atoms with Crippen molar-refractivity contribution < 1.29 is 9.59 Å². The Morgan fingerprint density at radius 1 is 1.48 bits per heavy atom. The summed E-state index contributed by atoms with van der Waals surface area (Å²) >= 11 is 1.65. The second-order valence-electron chi connectivity index (χ2n) is 6.81. The maximum Gasteiger partial charge on any atom is 0.315 e. The molecule has 128 valence electrons. The third-order valence-corrected chi connectivity index (χ3v) is 4.88. The quantitative estimate of drug-likeness (QED) is 0.862. The fraction of sp³-hybridized carbons (Fsp3) is 0.688. The first-order valence-corrected chi connectivity index (χ1v) is 8.95. The van der Waals surface area contributed by atoms with Gasteiger partial charge in [-0.05, 0) is 27.2 Å². The van der Waals surface area contributed by atoms with Crippen LogP contribution in [0.25, 0.3) is 0 Å². The smallest absolute Gasteiger partial charge is 0.315 e. The van der Waals surface area contributed by atoms with E-state index in [2.05, 4.69) is 22.5 Å². The number of rotatable bonds is 5. The molecule has 1 aromatic rings. The van der Waals surface area contributed by atoms with Crippen LogP contribution in [0, 0.1) is 0 Å². The molecule has 0 saturated carbocycles. The number of thiazole rings is 1. The Hall–Kier alpha value is -1.63. The molecule has 0 spiro atoms. The first kappa shape index (κ1) is 17.7. The van der Waals surface area contributed by atoms with Gasteiger partial charge < -0.3 is 15.5 Å². The maximum absolute atomic E-state index is 12.0. The van der Waals surface area contributed by atoms with Crippen LogP contribution in [-0.2, 0) is 17.6 Å². The lowest BCUT2D eigenvalue weighted by Crippen LogP contribution is -2.46. The molecule has 1 aliphatic rings. The van der Waals surface area contributed by atoms with Crippen LogP contribution in [0.15, 0.2) is 5.38 Å². The summed E-state index contributed by atoms with van der Waals surface area (Å²) in [6, 6.07) is -0.336. The highest BCUT2D eigenvalue weighted by Crippen LogP contribution is 2.21. The molecule has 1 aliphatic heterocycles. The number of likely N-dealkylation sites (tertiary alicyclic amines) is 1. The Labute approximate surface area is 141 Å². The van der Waals surface area contributed by atoms with Crippen molar-refractivity contribution in [1.82, 2.24) is 20.5 Å². The molecule has 23 heavy (non-hydrogen) atoms. The first-order chi connectivity index (χ1) is 10.8. The van der Waals surface area contributed by atoms with Gasteiger partial charge in [0.25, 0.3) is 0 Å².